The third-order valence-corrected chi connectivity index (χ3v) is 8.55. The first-order valence-corrected chi connectivity index (χ1v) is 11.4. The summed E-state index contributed by atoms with van der Waals surface area (Å²) < 4.78 is 31.9. The molecule has 0 radical (unpaired) electrons. The average Bonchev–Trinajstić information content (AvgIpc) is 2.50. The minimum atomic E-state index is -4.17. The molecule has 5 nitrogen and oxygen atoms in total. The maximum Gasteiger partial charge on any atom is 1.00 e. The van der Waals surface area contributed by atoms with Crippen molar-refractivity contribution in [3.8, 4) is 0 Å². The third-order valence-electron chi connectivity index (χ3n) is 3.15. The second-order valence-electron chi connectivity index (χ2n) is 4.88. The van der Waals surface area contributed by atoms with E-state index in [0.29, 0.717) is 14.7 Å². The molecule has 0 aliphatic rings. The van der Waals surface area contributed by atoms with Crippen LogP contribution in [0.2, 0.25) is 5.02 Å². The van der Waals surface area contributed by atoms with Crippen LogP contribution >= 0.6 is 18.2 Å². The topological polar surface area (TPSA) is 69.7 Å². The van der Waals surface area contributed by atoms with Gasteiger partial charge in [0.2, 0.25) is 0 Å². The number of benzene rings is 2. The molecule has 0 heterocycles. The molecule has 2 aromatic carbocycles. The maximum absolute atomic E-state index is 13.1. The Morgan fingerprint density at radius 1 is 1.24 bits per heavy atom. The van der Waals surface area contributed by atoms with Crippen LogP contribution in [0.15, 0.2) is 53.4 Å². The zero-order valence-corrected chi connectivity index (χ0v) is 20.5. The van der Waals surface area contributed by atoms with E-state index in [1.807, 2.05) is 0 Å². The molecule has 0 bridgehead atoms. The van der Waals surface area contributed by atoms with Crippen molar-refractivity contribution in [3.63, 3.8) is 0 Å². The molecule has 2 rings (SSSR count). The van der Waals surface area contributed by atoms with E-state index in [2.05, 4.69) is 0 Å². The van der Waals surface area contributed by atoms with Crippen LogP contribution < -0.4 is 60.4 Å². The van der Waals surface area contributed by atoms with Crippen LogP contribution in [-0.4, -0.2) is 15.0 Å². The summed E-state index contributed by atoms with van der Waals surface area (Å²) >= 11 is 11.0. The van der Waals surface area contributed by atoms with Crippen molar-refractivity contribution in [1.29, 1.82) is 0 Å². The Balaban J connectivity index is 0.00000312. The van der Waals surface area contributed by atoms with Crippen LogP contribution in [0.4, 0.5) is 5.69 Å². The van der Waals surface area contributed by atoms with Gasteiger partial charge in [0, 0.05) is 11.6 Å². The fourth-order valence-corrected chi connectivity index (χ4v) is 7.29. The largest absolute Gasteiger partial charge is 1.00 e. The maximum atomic E-state index is 13.1. The van der Waals surface area contributed by atoms with Crippen molar-refractivity contribution < 1.29 is 69.2 Å². The van der Waals surface area contributed by atoms with Crippen LogP contribution in [-0.2, 0) is 26.4 Å². The van der Waals surface area contributed by atoms with E-state index in [1.165, 1.54) is 24.3 Å². The molecule has 0 aromatic heterocycles. The van der Waals surface area contributed by atoms with Gasteiger partial charge in [-0.05, 0) is 49.7 Å². The van der Waals surface area contributed by atoms with Crippen molar-refractivity contribution in [3.05, 3.63) is 59.1 Å². The molecule has 2 aromatic rings. The summed E-state index contributed by atoms with van der Waals surface area (Å²) in [5, 5.41) is 0.434. The fourth-order valence-electron chi connectivity index (χ4n) is 2.13. The molecule has 0 amide bonds. The summed E-state index contributed by atoms with van der Waals surface area (Å²) in [4.78, 5) is 12.9. The molecular weight excluding hydrogens is 428 g/mol. The number of anilines is 1. The van der Waals surface area contributed by atoms with Gasteiger partial charge in [-0.1, -0.05) is 41.6 Å². The zero-order valence-electron chi connectivity index (χ0n) is 14.0. The Morgan fingerprint density at radius 3 is 2.36 bits per heavy atom. The van der Waals surface area contributed by atoms with Crippen LogP contribution in [0.25, 0.3) is 0 Å². The van der Waals surface area contributed by atoms with E-state index in [-0.39, 0.29) is 68.6 Å². The molecule has 0 saturated carbocycles. The Hall–Kier alpha value is 0.686. The summed E-state index contributed by atoms with van der Waals surface area (Å²) in [7, 11) is -4.17. The van der Waals surface area contributed by atoms with E-state index >= 15 is 0 Å². The quantitative estimate of drug-likeness (QED) is 0.479. The minimum absolute atomic E-state index is 0. The van der Waals surface area contributed by atoms with Gasteiger partial charge in [-0.3, -0.25) is 0 Å². The van der Waals surface area contributed by atoms with Crippen molar-refractivity contribution >= 4 is 45.8 Å². The Bertz CT molecular complexity index is 880. The number of sulfonamides is 1. The van der Waals surface area contributed by atoms with Crippen molar-refractivity contribution in [2.75, 3.05) is 10.7 Å². The van der Waals surface area contributed by atoms with Gasteiger partial charge in [-0.25, -0.2) is 12.5 Å². The molecule has 0 N–H and O–H groups in total. The van der Waals surface area contributed by atoms with Gasteiger partial charge >= 0.3 is 51.4 Å². The smallest absolute Gasteiger partial charge is 0.784 e. The molecule has 0 fully saturated rings. The number of halogens is 1. The fraction of sp³-hybridized carbons (Fsp3) is 0.200. The van der Waals surface area contributed by atoms with Gasteiger partial charge < -0.3 is 9.42 Å². The molecule has 0 spiro atoms. The van der Waals surface area contributed by atoms with Crippen LogP contribution in [0.5, 0.6) is 0 Å². The number of nitrogens with zero attached hydrogens (tertiary/aromatic N) is 1. The van der Waals surface area contributed by atoms with Gasteiger partial charge in [-0.15, -0.1) is 0 Å². The van der Waals surface area contributed by atoms with Crippen molar-refractivity contribution in [2.24, 2.45) is 0 Å². The van der Waals surface area contributed by atoms with Gasteiger partial charge in [0.05, 0.1) is 17.2 Å². The summed E-state index contributed by atoms with van der Waals surface area (Å²) in [5.74, 6) is 0. The summed E-state index contributed by atoms with van der Waals surface area (Å²) in [6.07, 6.45) is 0. The molecule has 0 aliphatic heterocycles. The van der Waals surface area contributed by atoms with E-state index in [4.69, 9.17) is 27.9 Å². The number of hydrogen-bond donors (Lipinski definition) is 0. The van der Waals surface area contributed by atoms with Crippen LogP contribution in [0.1, 0.15) is 12.5 Å². The molecule has 0 saturated heterocycles. The first-order valence-electron chi connectivity index (χ1n) is 7.02. The Kier molecular flexibility index (Phi) is 9.25. The number of hydrogen-bond acceptors (Lipinski definition) is 5. The third kappa shape index (κ3) is 5.59. The zero-order chi connectivity index (χ0) is 18.0. The second kappa shape index (κ2) is 9.75. The van der Waals surface area contributed by atoms with Crippen molar-refractivity contribution in [1.82, 2.24) is 0 Å². The predicted octanol–water partition coefficient (Wildman–Crippen LogP) is 0.469. The first-order chi connectivity index (χ1) is 11.2. The molecule has 1 unspecified atom stereocenters. The first kappa shape index (κ1) is 23.7. The van der Waals surface area contributed by atoms with E-state index < -0.39 is 16.7 Å². The molecule has 0 aliphatic carbocycles. The summed E-state index contributed by atoms with van der Waals surface area (Å²) in [6.45, 7) is -0.785. The van der Waals surface area contributed by atoms with Gasteiger partial charge in [0.1, 0.15) is 0 Å². The van der Waals surface area contributed by atoms with Crippen molar-refractivity contribution in [2.45, 2.75) is 18.7 Å². The van der Waals surface area contributed by atoms with Crippen LogP contribution in [0.3, 0.4) is 0 Å². The van der Waals surface area contributed by atoms with E-state index in [9.17, 15) is 13.3 Å². The Morgan fingerprint density at radius 2 is 1.84 bits per heavy atom. The monoisotopic (exact) mass is 443 g/mol. The average molecular weight is 444 g/mol. The summed E-state index contributed by atoms with van der Waals surface area (Å²) in [5.41, 5.74) is 0.696. The van der Waals surface area contributed by atoms with Gasteiger partial charge in [0.15, 0.2) is 0 Å². The molecule has 1 atom stereocenters. The summed E-state index contributed by atoms with van der Waals surface area (Å²) in [6, 6.07) is 12.2. The standard InChI is InChI=1S/C15H17ClNO4PS2.K/c1-3-21-22(18,23)17(15-10-9-13(16)11-12(15)2)24(19,20)14-7-5-4-6-8-14;/h4-11H,3H2,1-2H3,(H,18,23);/q;+1/p-1. The molecule has 10 heteroatoms. The number of aryl methyl sites for hydroxylation is 1. The SMILES string of the molecule is CCOP([O-])(=S)N(c1ccc(Cl)cc1C)S(=O)(=O)c1ccccc1.[K+]. The normalized spacial score (nSPS) is 13.6. The number of rotatable bonds is 6. The molecule has 25 heavy (non-hydrogen) atoms. The van der Waals surface area contributed by atoms with Gasteiger partial charge in [-0.2, -0.15) is 0 Å². The molecule has 130 valence electrons. The Labute approximate surface area is 201 Å². The predicted molar refractivity (Wildman–Crippen MR) is 98.2 cm³/mol. The van der Waals surface area contributed by atoms with E-state index in [1.54, 1.807) is 38.1 Å². The second-order valence-corrected chi connectivity index (χ2v) is 10.4. The van der Waals surface area contributed by atoms with Crippen LogP contribution in [0, 0.1) is 6.92 Å². The van der Waals surface area contributed by atoms with Gasteiger partial charge in [0.25, 0.3) is 10.0 Å². The molecular formula is C15H16ClKNO4PS2. The van der Waals surface area contributed by atoms with E-state index in [0.717, 1.165) is 0 Å². The minimum Gasteiger partial charge on any atom is -0.784 e.